The van der Waals surface area contributed by atoms with Crippen molar-refractivity contribution in [1.29, 1.82) is 0 Å². The van der Waals surface area contributed by atoms with Gasteiger partial charge in [0, 0.05) is 17.8 Å². The average Bonchev–Trinajstić information content (AvgIpc) is 3.25. The van der Waals surface area contributed by atoms with E-state index in [2.05, 4.69) is 14.8 Å². The smallest absolute Gasteiger partial charge is 0.285 e. The third-order valence-electron chi connectivity index (χ3n) is 6.49. The molecular formula is C25H30N4O4S. The highest BCUT2D eigenvalue weighted by Gasteiger charge is 2.43. The zero-order chi connectivity index (χ0) is 24.7. The van der Waals surface area contributed by atoms with Crippen LogP contribution in [0, 0.1) is 5.92 Å². The molecule has 4 rings (SSSR count). The Labute approximate surface area is 200 Å². The fourth-order valence-corrected chi connectivity index (χ4v) is 5.75. The number of rotatable bonds is 7. The number of sulfonamides is 1. The highest BCUT2D eigenvalue weighted by atomic mass is 32.2. The van der Waals surface area contributed by atoms with Gasteiger partial charge in [-0.15, -0.1) is 4.40 Å². The summed E-state index contributed by atoms with van der Waals surface area (Å²) in [6.07, 6.45) is 3.10. The number of carbonyl (C=O) groups is 1. The van der Waals surface area contributed by atoms with E-state index in [-0.39, 0.29) is 22.6 Å². The van der Waals surface area contributed by atoms with Crippen molar-refractivity contribution >= 4 is 33.7 Å². The van der Waals surface area contributed by atoms with Gasteiger partial charge in [-0.05, 0) is 60.2 Å². The molecular weight excluding hydrogens is 452 g/mol. The number of carbonyl (C=O) groups excluding carboxylic acids is 1. The predicted octanol–water partition coefficient (Wildman–Crippen LogP) is 4.15. The van der Waals surface area contributed by atoms with Crippen LogP contribution in [0.3, 0.4) is 0 Å². The van der Waals surface area contributed by atoms with Crippen LogP contribution in [0.15, 0.2) is 50.8 Å². The van der Waals surface area contributed by atoms with Gasteiger partial charge in [-0.2, -0.15) is 13.5 Å². The summed E-state index contributed by atoms with van der Waals surface area (Å²) in [5.41, 5.74) is 2.55. The van der Waals surface area contributed by atoms with E-state index in [1.54, 1.807) is 23.4 Å². The quantitative estimate of drug-likeness (QED) is 0.472. The number of nitrogens with one attached hydrogen (secondary N) is 1. The van der Waals surface area contributed by atoms with Crippen molar-refractivity contribution in [2.24, 2.45) is 15.4 Å². The molecule has 180 valence electrons. The monoisotopic (exact) mass is 482 g/mol. The number of hydrazone groups is 1. The lowest BCUT2D eigenvalue weighted by molar-refractivity contribution is -0.121. The molecule has 0 radical (unpaired) electrons. The summed E-state index contributed by atoms with van der Waals surface area (Å²) in [4.78, 5) is 12.8. The fraction of sp³-hybridized carbons (Fsp3) is 0.400. The van der Waals surface area contributed by atoms with Crippen LogP contribution in [-0.4, -0.2) is 45.0 Å². The second-order valence-electron chi connectivity index (χ2n) is 9.02. The first kappa shape index (κ1) is 23.9. The lowest BCUT2D eigenvalue weighted by Gasteiger charge is -2.24. The summed E-state index contributed by atoms with van der Waals surface area (Å²) in [6.45, 7) is 8.58. The van der Waals surface area contributed by atoms with Gasteiger partial charge < -0.3 is 10.1 Å². The molecule has 0 aromatic heterocycles. The van der Waals surface area contributed by atoms with Crippen LogP contribution in [0.5, 0.6) is 5.75 Å². The topological polar surface area (TPSA) is 100 Å². The van der Waals surface area contributed by atoms with Crippen LogP contribution in [0.1, 0.15) is 57.2 Å². The molecule has 34 heavy (non-hydrogen) atoms. The number of ether oxygens (including phenoxy) is 1. The van der Waals surface area contributed by atoms with Crippen LogP contribution >= 0.6 is 0 Å². The Morgan fingerprint density at radius 1 is 1.18 bits per heavy atom. The van der Waals surface area contributed by atoms with Gasteiger partial charge in [-0.1, -0.05) is 33.8 Å². The predicted molar refractivity (Wildman–Crippen MR) is 133 cm³/mol. The fourth-order valence-electron chi connectivity index (χ4n) is 4.57. The number of hydrogen-bond donors (Lipinski definition) is 1. The van der Waals surface area contributed by atoms with Gasteiger partial charge in [0.05, 0.1) is 18.7 Å². The Hall–Kier alpha value is -3.20. The molecule has 9 heteroatoms. The summed E-state index contributed by atoms with van der Waals surface area (Å²) >= 11 is 0. The van der Waals surface area contributed by atoms with E-state index in [1.165, 1.54) is 13.2 Å². The zero-order valence-electron chi connectivity index (χ0n) is 20.1. The highest BCUT2D eigenvalue weighted by molar-refractivity contribution is 7.90. The Morgan fingerprint density at radius 2 is 1.91 bits per heavy atom. The van der Waals surface area contributed by atoms with E-state index >= 15 is 0 Å². The Kier molecular flexibility index (Phi) is 6.24. The molecule has 0 saturated heterocycles. The second kappa shape index (κ2) is 8.87. The van der Waals surface area contributed by atoms with Crippen molar-refractivity contribution in [3.63, 3.8) is 0 Å². The van der Waals surface area contributed by atoms with Gasteiger partial charge in [0.15, 0.2) is 5.84 Å². The van der Waals surface area contributed by atoms with Gasteiger partial charge in [-0.25, -0.2) is 5.01 Å². The Morgan fingerprint density at radius 3 is 2.56 bits per heavy atom. The summed E-state index contributed by atoms with van der Waals surface area (Å²) in [5, 5.41) is 9.26. The lowest BCUT2D eigenvalue weighted by Crippen LogP contribution is -2.33. The van der Waals surface area contributed by atoms with Crippen molar-refractivity contribution in [3.05, 3.63) is 53.1 Å². The minimum absolute atomic E-state index is 0.0269. The third-order valence-corrected chi connectivity index (χ3v) is 7.82. The van der Waals surface area contributed by atoms with Crippen LogP contribution in [0.4, 0.5) is 5.69 Å². The molecule has 2 aromatic carbocycles. The van der Waals surface area contributed by atoms with Gasteiger partial charge in [0.2, 0.25) is 5.91 Å². The molecule has 0 saturated carbocycles. The molecule has 0 aliphatic carbocycles. The van der Waals surface area contributed by atoms with E-state index in [4.69, 9.17) is 4.74 Å². The summed E-state index contributed by atoms with van der Waals surface area (Å²) in [6, 6.07) is 10.6. The van der Waals surface area contributed by atoms with Gasteiger partial charge in [0.25, 0.3) is 10.0 Å². The van der Waals surface area contributed by atoms with Gasteiger partial charge in [0.1, 0.15) is 10.6 Å². The molecule has 1 N–H and O–H groups in total. The number of nitrogens with zero attached hydrogens (tertiary/aromatic N) is 3. The van der Waals surface area contributed by atoms with E-state index in [1.807, 2.05) is 45.9 Å². The zero-order valence-corrected chi connectivity index (χ0v) is 20.9. The van der Waals surface area contributed by atoms with Crippen molar-refractivity contribution in [3.8, 4) is 5.75 Å². The number of hydrogen-bond acceptors (Lipinski definition) is 6. The number of methoxy groups -OCH3 is 1. The maximum Gasteiger partial charge on any atom is 0.285 e. The summed E-state index contributed by atoms with van der Waals surface area (Å²) in [7, 11) is -2.27. The number of amides is 1. The van der Waals surface area contributed by atoms with Crippen molar-refractivity contribution in [1.82, 2.24) is 5.01 Å². The van der Waals surface area contributed by atoms with Gasteiger partial charge >= 0.3 is 0 Å². The average molecular weight is 483 g/mol. The molecule has 0 fully saturated rings. The first-order chi connectivity index (χ1) is 16.1. The summed E-state index contributed by atoms with van der Waals surface area (Å²) < 4.78 is 34.7. The number of benzene rings is 2. The molecule has 2 aliphatic rings. The maximum absolute atomic E-state index is 12.7. The van der Waals surface area contributed by atoms with Crippen LogP contribution in [-0.2, 0) is 20.2 Å². The normalized spacial score (nSPS) is 17.5. The minimum atomic E-state index is -3.81. The second-order valence-corrected chi connectivity index (χ2v) is 10.6. The minimum Gasteiger partial charge on any atom is -0.497 e. The van der Waals surface area contributed by atoms with Gasteiger partial charge in [-0.3, -0.25) is 4.79 Å². The van der Waals surface area contributed by atoms with E-state index in [9.17, 15) is 13.2 Å². The third kappa shape index (κ3) is 3.98. The van der Waals surface area contributed by atoms with E-state index in [0.717, 1.165) is 16.8 Å². The van der Waals surface area contributed by atoms with Crippen LogP contribution < -0.4 is 10.1 Å². The molecule has 0 unspecified atom stereocenters. The first-order valence-corrected chi connectivity index (χ1v) is 12.9. The molecule has 1 amide bonds. The van der Waals surface area contributed by atoms with Crippen LogP contribution in [0.25, 0.3) is 0 Å². The van der Waals surface area contributed by atoms with E-state index in [0.29, 0.717) is 30.7 Å². The Bertz CT molecular complexity index is 1290. The largest absolute Gasteiger partial charge is 0.497 e. The van der Waals surface area contributed by atoms with Crippen molar-refractivity contribution < 1.29 is 17.9 Å². The number of amidine groups is 1. The standard InChI is InChI=1S/C25H30N4O4S/c1-6-25(7-2)20-12-17(8-10-21(20)27-24(25)30)14-26-29(15-16(3)4)23-19-13-18(33-5)9-11-22(19)34(31,32)28-23/h8-14,16H,6-7,15H2,1-5H3,(H,27,30)/b26-14+. The SMILES string of the molecule is CCC1(CC)C(=O)Nc2ccc(/C=N/N(CC(C)C)C3=NS(=O)(=O)c4ccc(OC)cc43)cc21. The molecule has 0 spiro atoms. The molecule has 8 nitrogen and oxygen atoms in total. The maximum atomic E-state index is 12.7. The van der Waals surface area contributed by atoms with Crippen molar-refractivity contribution in [2.45, 2.75) is 50.8 Å². The highest BCUT2D eigenvalue weighted by Crippen LogP contribution is 2.43. The molecule has 2 aromatic rings. The Balaban J connectivity index is 1.73. The molecule has 0 atom stereocenters. The van der Waals surface area contributed by atoms with Crippen molar-refractivity contribution in [2.75, 3.05) is 19.0 Å². The summed E-state index contributed by atoms with van der Waals surface area (Å²) in [5.74, 6) is 1.04. The molecule has 2 heterocycles. The number of anilines is 1. The lowest BCUT2D eigenvalue weighted by atomic mass is 9.76. The first-order valence-electron chi connectivity index (χ1n) is 11.5. The molecule has 0 bridgehead atoms. The van der Waals surface area contributed by atoms with Crippen LogP contribution in [0.2, 0.25) is 0 Å². The molecule has 2 aliphatic heterocycles. The van der Waals surface area contributed by atoms with E-state index < -0.39 is 15.4 Å². The number of fused-ring (bicyclic) bond motifs is 2.